The molecule has 1 aliphatic carbocycles. The number of rotatable bonds is 4. The molecule has 1 aromatic rings. The smallest absolute Gasteiger partial charge is 0.143 e. The lowest BCUT2D eigenvalue weighted by molar-refractivity contribution is 0.381. The average Bonchev–Trinajstić information content (AvgIpc) is 2.95. The molecule has 1 aliphatic rings. The largest absolute Gasteiger partial charge is 0.360 e. The van der Waals surface area contributed by atoms with E-state index >= 15 is 0 Å². The van der Waals surface area contributed by atoms with Gasteiger partial charge < -0.3 is 4.52 Å². The second-order valence-corrected chi connectivity index (χ2v) is 4.47. The summed E-state index contributed by atoms with van der Waals surface area (Å²) in [6, 6.07) is 0. The lowest BCUT2D eigenvalue weighted by Crippen LogP contribution is -1.95. The molecule has 2 heteroatoms. The summed E-state index contributed by atoms with van der Waals surface area (Å²) in [5.41, 5.74) is 2.97. The Bertz CT molecular complexity index is 397. The first kappa shape index (κ1) is 10.2. The third kappa shape index (κ3) is 1.76. The maximum absolute atomic E-state index is 5.45. The van der Waals surface area contributed by atoms with Crippen LogP contribution in [0.1, 0.15) is 55.5 Å². The Morgan fingerprint density at radius 1 is 1.53 bits per heavy atom. The van der Waals surface area contributed by atoms with Gasteiger partial charge in [-0.15, -0.1) is 0 Å². The summed E-state index contributed by atoms with van der Waals surface area (Å²) < 4.78 is 5.45. The summed E-state index contributed by atoms with van der Waals surface area (Å²) in [4.78, 5) is 0. The molecular weight excluding hydrogens is 186 g/mol. The fourth-order valence-electron chi connectivity index (χ4n) is 1.84. The Morgan fingerprint density at radius 3 is 2.67 bits per heavy atom. The van der Waals surface area contributed by atoms with Gasteiger partial charge in [0.2, 0.25) is 0 Å². The van der Waals surface area contributed by atoms with Gasteiger partial charge in [-0.05, 0) is 24.3 Å². The zero-order valence-electron chi connectivity index (χ0n) is 9.42. The van der Waals surface area contributed by atoms with Gasteiger partial charge in [0.1, 0.15) is 11.5 Å². The highest BCUT2D eigenvalue weighted by Crippen LogP contribution is 2.45. The van der Waals surface area contributed by atoms with E-state index in [4.69, 9.17) is 4.52 Å². The minimum absolute atomic E-state index is 0.429. The second kappa shape index (κ2) is 3.69. The summed E-state index contributed by atoms with van der Waals surface area (Å²) in [6.45, 7) is 12.0. The predicted molar refractivity (Wildman–Crippen MR) is 61.8 cm³/mol. The van der Waals surface area contributed by atoms with Gasteiger partial charge in [0.05, 0.1) is 0 Å². The molecule has 0 bridgehead atoms. The minimum atomic E-state index is 0.429. The van der Waals surface area contributed by atoms with E-state index in [1.165, 1.54) is 18.4 Å². The van der Waals surface area contributed by atoms with Crippen LogP contribution in [0, 0.1) is 0 Å². The number of aromatic nitrogens is 1. The van der Waals surface area contributed by atoms with Gasteiger partial charge >= 0.3 is 0 Å². The summed E-state index contributed by atoms with van der Waals surface area (Å²) in [6.07, 6.45) is 4.20. The summed E-state index contributed by atoms with van der Waals surface area (Å²) in [7, 11) is 0. The number of hydrogen-bond acceptors (Lipinski definition) is 2. The molecule has 2 nitrogen and oxygen atoms in total. The normalized spacial score (nSPS) is 15.7. The maximum atomic E-state index is 5.45. The maximum Gasteiger partial charge on any atom is 0.143 e. The van der Waals surface area contributed by atoms with Crippen molar-refractivity contribution in [3.05, 3.63) is 36.3 Å². The topological polar surface area (TPSA) is 26.0 Å². The molecule has 0 radical (unpaired) electrons. The van der Waals surface area contributed by atoms with E-state index < -0.39 is 0 Å². The second-order valence-electron chi connectivity index (χ2n) is 4.47. The molecule has 15 heavy (non-hydrogen) atoms. The monoisotopic (exact) mass is 203 g/mol. The molecule has 1 saturated carbocycles. The highest BCUT2D eigenvalue weighted by atomic mass is 16.5. The van der Waals surface area contributed by atoms with E-state index in [1.807, 2.05) is 0 Å². The zero-order chi connectivity index (χ0) is 11.0. The number of hydrogen-bond donors (Lipinski definition) is 0. The quantitative estimate of drug-likeness (QED) is 0.694. The van der Waals surface area contributed by atoms with Crippen LogP contribution in [-0.4, -0.2) is 5.16 Å². The Balaban J connectivity index is 2.45. The molecule has 1 fully saturated rings. The molecule has 0 amide bonds. The van der Waals surface area contributed by atoms with Crippen LogP contribution in [-0.2, 0) is 0 Å². The molecule has 80 valence electrons. The van der Waals surface area contributed by atoms with Crippen molar-refractivity contribution >= 4 is 5.57 Å². The van der Waals surface area contributed by atoms with Crippen LogP contribution in [0.4, 0.5) is 0 Å². The molecule has 1 heterocycles. The van der Waals surface area contributed by atoms with Crippen molar-refractivity contribution in [3.63, 3.8) is 0 Å². The Labute approximate surface area is 90.7 Å². The predicted octanol–water partition coefficient (Wildman–Crippen LogP) is 3.87. The van der Waals surface area contributed by atoms with Crippen LogP contribution in [0.2, 0.25) is 0 Å². The fraction of sp³-hybridized carbons (Fsp3) is 0.462. The standard InChI is InChI=1S/C13H17NO/c1-5-9(4)12-11(8(2)3)13(15-14-12)10-6-7-10/h5,8,10H,1,4,6-7H2,2-3H3. The highest BCUT2D eigenvalue weighted by Gasteiger charge is 2.33. The van der Waals surface area contributed by atoms with E-state index in [2.05, 4.69) is 32.2 Å². The van der Waals surface area contributed by atoms with E-state index in [0.29, 0.717) is 11.8 Å². The molecular formula is C13H17NO. The molecule has 0 spiro atoms. The van der Waals surface area contributed by atoms with Crippen molar-refractivity contribution in [2.75, 3.05) is 0 Å². The van der Waals surface area contributed by atoms with Gasteiger partial charge in [-0.2, -0.15) is 0 Å². The van der Waals surface area contributed by atoms with Crippen LogP contribution in [0.5, 0.6) is 0 Å². The van der Waals surface area contributed by atoms with Crippen molar-refractivity contribution in [2.24, 2.45) is 0 Å². The van der Waals surface area contributed by atoms with Crippen LogP contribution < -0.4 is 0 Å². The average molecular weight is 203 g/mol. The van der Waals surface area contributed by atoms with Crippen molar-refractivity contribution in [2.45, 2.75) is 38.5 Å². The van der Waals surface area contributed by atoms with Gasteiger partial charge in [-0.3, -0.25) is 0 Å². The Morgan fingerprint density at radius 2 is 2.20 bits per heavy atom. The first-order valence-corrected chi connectivity index (χ1v) is 5.46. The first-order valence-electron chi connectivity index (χ1n) is 5.46. The molecule has 0 aromatic carbocycles. The lowest BCUT2D eigenvalue weighted by atomic mass is 9.96. The van der Waals surface area contributed by atoms with Gasteiger partial charge in [0, 0.05) is 11.5 Å². The third-order valence-electron chi connectivity index (χ3n) is 2.83. The van der Waals surface area contributed by atoms with Crippen LogP contribution in [0.25, 0.3) is 5.57 Å². The SMILES string of the molecule is C=CC(=C)c1noc(C2CC2)c1C(C)C. The summed E-state index contributed by atoms with van der Waals surface area (Å²) in [5.74, 6) is 2.10. The number of nitrogens with zero attached hydrogens (tertiary/aromatic N) is 1. The molecule has 0 saturated heterocycles. The van der Waals surface area contributed by atoms with Crippen LogP contribution in [0.15, 0.2) is 23.8 Å². The molecule has 1 aromatic heterocycles. The van der Waals surface area contributed by atoms with Crippen molar-refractivity contribution in [1.82, 2.24) is 5.16 Å². The van der Waals surface area contributed by atoms with Crippen molar-refractivity contribution < 1.29 is 4.52 Å². The third-order valence-corrected chi connectivity index (χ3v) is 2.83. The van der Waals surface area contributed by atoms with E-state index in [-0.39, 0.29) is 0 Å². The molecule has 0 atom stereocenters. The minimum Gasteiger partial charge on any atom is -0.360 e. The van der Waals surface area contributed by atoms with Gasteiger partial charge in [-0.25, -0.2) is 0 Å². The molecule has 0 N–H and O–H groups in total. The van der Waals surface area contributed by atoms with E-state index in [9.17, 15) is 0 Å². The molecule has 0 aliphatic heterocycles. The van der Waals surface area contributed by atoms with Gasteiger partial charge in [0.25, 0.3) is 0 Å². The fourth-order valence-corrected chi connectivity index (χ4v) is 1.84. The van der Waals surface area contributed by atoms with Crippen LogP contribution in [0.3, 0.4) is 0 Å². The van der Waals surface area contributed by atoms with Crippen molar-refractivity contribution in [3.8, 4) is 0 Å². The molecule has 0 unspecified atom stereocenters. The first-order chi connectivity index (χ1) is 7.15. The summed E-state index contributed by atoms with van der Waals surface area (Å²) >= 11 is 0. The summed E-state index contributed by atoms with van der Waals surface area (Å²) in [5, 5.41) is 4.12. The van der Waals surface area contributed by atoms with Gasteiger partial charge in [-0.1, -0.05) is 38.2 Å². The van der Waals surface area contributed by atoms with E-state index in [0.717, 1.165) is 17.0 Å². The van der Waals surface area contributed by atoms with E-state index in [1.54, 1.807) is 6.08 Å². The van der Waals surface area contributed by atoms with Gasteiger partial charge in [0.15, 0.2) is 0 Å². The zero-order valence-corrected chi connectivity index (χ0v) is 9.42. The Kier molecular flexibility index (Phi) is 2.51. The van der Waals surface area contributed by atoms with Crippen LogP contribution >= 0.6 is 0 Å². The van der Waals surface area contributed by atoms with Crippen molar-refractivity contribution in [1.29, 1.82) is 0 Å². The highest BCUT2D eigenvalue weighted by molar-refractivity contribution is 5.71. The number of allylic oxidation sites excluding steroid dienone is 2. The lowest BCUT2D eigenvalue weighted by Gasteiger charge is -2.06. The Hall–Kier alpha value is -1.31. The molecule has 2 rings (SSSR count).